The third kappa shape index (κ3) is 5.71. The summed E-state index contributed by atoms with van der Waals surface area (Å²) in [6.07, 6.45) is 0.633. The van der Waals surface area contributed by atoms with Crippen molar-refractivity contribution in [3.05, 3.63) is 29.8 Å². The zero-order valence-corrected chi connectivity index (χ0v) is 11.8. The van der Waals surface area contributed by atoms with Gasteiger partial charge < -0.3 is 20.1 Å². The molecule has 0 radical (unpaired) electrons. The van der Waals surface area contributed by atoms with Crippen LogP contribution in [0.3, 0.4) is 0 Å². The maximum Gasteiger partial charge on any atom is 0.309 e. The maximum absolute atomic E-state index is 11.5. The van der Waals surface area contributed by atoms with Gasteiger partial charge in [-0.25, -0.2) is 0 Å². The van der Waals surface area contributed by atoms with Gasteiger partial charge >= 0.3 is 11.8 Å². The Kier molecular flexibility index (Phi) is 7.13. The minimum absolute atomic E-state index is 0.318. The molecule has 0 aliphatic carbocycles. The largest absolute Gasteiger partial charge is 0.497 e. The molecule has 1 aromatic carbocycles. The van der Waals surface area contributed by atoms with E-state index in [-0.39, 0.29) is 0 Å². The Hall–Kier alpha value is -2.08. The molecule has 0 fully saturated rings. The van der Waals surface area contributed by atoms with Gasteiger partial charge in [-0.1, -0.05) is 12.1 Å². The zero-order chi connectivity index (χ0) is 14.8. The molecule has 0 aliphatic heterocycles. The molecule has 0 aromatic heterocycles. The first-order valence-corrected chi connectivity index (χ1v) is 6.35. The molecular weight excluding hydrogens is 260 g/mol. The van der Waals surface area contributed by atoms with Gasteiger partial charge in [-0.05, 0) is 24.1 Å². The molecule has 20 heavy (non-hydrogen) atoms. The van der Waals surface area contributed by atoms with E-state index < -0.39 is 11.8 Å². The average Bonchev–Trinajstić information content (AvgIpc) is 2.47. The number of hydrogen-bond acceptors (Lipinski definition) is 4. The number of carbonyl (C=O) groups excluding carboxylic acids is 2. The first kappa shape index (κ1) is 16.0. The normalized spacial score (nSPS) is 9.90. The summed E-state index contributed by atoms with van der Waals surface area (Å²) in [5.74, 6) is -0.511. The van der Waals surface area contributed by atoms with Crippen LogP contribution in [0.25, 0.3) is 0 Å². The number of ether oxygens (including phenoxy) is 2. The number of methoxy groups -OCH3 is 2. The van der Waals surface area contributed by atoms with Gasteiger partial charge in [0.2, 0.25) is 0 Å². The number of benzene rings is 1. The summed E-state index contributed by atoms with van der Waals surface area (Å²) in [6.45, 7) is 1.09. The molecule has 0 unspecified atom stereocenters. The Morgan fingerprint density at radius 2 is 1.80 bits per heavy atom. The minimum atomic E-state index is -0.646. The standard InChI is InChI=1S/C14H20N2O4/c1-19-9-8-16-14(18)13(17)15-7-6-11-4-3-5-12(10-11)20-2/h3-5,10H,6-9H2,1-2H3,(H,15,17)(H,16,18). The van der Waals surface area contributed by atoms with Gasteiger partial charge in [0, 0.05) is 20.2 Å². The van der Waals surface area contributed by atoms with Gasteiger partial charge in [-0.2, -0.15) is 0 Å². The molecule has 0 spiro atoms. The van der Waals surface area contributed by atoms with Crippen LogP contribution in [0, 0.1) is 0 Å². The first-order chi connectivity index (χ1) is 9.67. The van der Waals surface area contributed by atoms with E-state index in [0.717, 1.165) is 11.3 Å². The fraction of sp³-hybridized carbons (Fsp3) is 0.429. The quantitative estimate of drug-likeness (QED) is 0.549. The topological polar surface area (TPSA) is 76.7 Å². The Labute approximate surface area is 118 Å². The monoisotopic (exact) mass is 280 g/mol. The van der Waals surface area contributed by atoms with Crippen LogP contribution in [0.5, 0.6) is 5.75 Å². The van der Waals surface area contributed by atoms with E-state index in [2.05, 4.69) is 10.6 Å². The fourth-order valence-corrected chi connectivity index (χ4v) is 1.58. The molecule has 2 N–H and O–H groups in total. The predicted octanol–water partition coefficient (Wildman–Crippen LogP) is 0.117. The lowest BCUT2D eigenvalue weighted by Crippen LogP contribution is -2.41. The number of amides is 2. The fourth-order valence-electron chi connectivity index (χ4n) is 1.58. The minimum Gasteiger partial charge on any atom is -0.497 e. The third-order valence-electron chi connectivity index (χ3n) is 2.63. The summed E-state index contributed by atoms with van der Waals surface area (Å²) in [5.41, 5.74) is 1.03. The van der Waals surface area contributed by atoms with E-state index in [1.165, 1.54) is 7.11 Å². The third-order valence-corrected chi connectivity index (χ3v) is 2.63. The van der Waals surface area contributed by atoms with Crippen LogP contribution >= 0.6 is 0 Å². The van der Waals surface area contributed by atoms with Crippen molar-refractivity contribution in [1.29, 1.82) is 0 Å². The summed E-state index contributed by atoms with van der Waals surface area (Å²) in [6, 6.07) is 7.57. The van der Waals surface area contributed by atoms with Gasteiger partial charge in [0.25, 0.3) is 0 Å². The van der Waals surface area contributed by atoms with Crippen LogP contribution in [0.4, 0.5) is 0 Å². The molecule has 0 saturated carbocycles. The summed E-state index contributed by atoms with van der Waals surface area (Å²) < 4.78 is 9.89. The molecule has 0 heterocycles. The molecule has 110 valence electrons. The van der Waals surface area contributed by atoms with Crippen molar-refractivity contribution in [2.45, 2.75) is 6.42 Å². The Morgan fingerprint density at radius 1 is 1.10 bits per heavy atom. The van der Waals surface area contributed by atoms with E-state index >= 15 is 0 Å². The zero-order valence-electron chi connectivity index (χ0n) is 11.8. The van der Waals surface area contributed by atoms with Gasteiger partial charge in [-0.3, -0.25) is 9.59 Å². The van der Waals surface area contributed by atoms with Crippen molar-refractivity contribution < 1.29 is 19.1 Å². The summed E-state index contributed by atoms with van der Waals surface area (Å²) in [7, 11) is 3.13. The Bertz CT molecular complexity index is 449. The molecule has 6 heteroatoms. The highest BCUT2D eigenvalue weighted by Crippen LogP contribution is 2.12. The highest BCUT2D eigenvalue weighted by Gasteiger charge is 2.11. The van der Waals surface area contributed by atoms with Crippen molar-refractivity contribution in [2.24, 2.45) is 0 Å². The van der Waals surface area contributed by atoms with Crippen molar-refractivity contribution in [1.82, 2.24) is 10.6 Å². The van der Waals surface area contributed by atoms with E-state index in [9.17, 15) is 9.59 Å². The van der Waals surface area contributed by atoms with E-state index in [1.807, 2.05) is 24.3 Å². The van der Waals surface area contributed by atoms with Crippen LogP contribution in [-0.4, -0.2) is 45.7 Å². The van der Waals surface area contributed by atoms with Gasteiger partial charge in [-0.15, -0.1) is 0 Å². The van der Waals surface area contributed by atoms with E-state index in [4.69, 9.17) is 9.47 Å². The molecule has 1 rings (SSSR count). The molecule has 6 nitrogen and oxygen atoms in total. The van der Waals surface area contributed by atoms with Gasteiger partial charge in [0.1, 0.15) is 5.75 Å². The lowest BCUT2D eigenvalue weighted by molar-refractivity contribution is -0.139. The second kappa shape index (κ2) is 8.92. The number of hydrogen-bond donors (Lipinski definition) is 2. The van der Waals surface area contributed by atoms with Crippen LogP contribution in [0.2, 0.25) is 0 Å². The number of nitrogens with one attached hydrogen (secondary N) is 2. The Morgan fingerprint density at radius 3 is 2.45 bits per heavy atom. The van der Waals surface area contributed by atoms with Crippen molar-refractivity contribution in [2.75, 3.05) is 33.9 Å². The summed E-state index contributed by atoms with van der Waals surface area (Å²) in [5, 5.41) is 5.02. The number of rotatable bonds is 7. The molecule has 0 aliphatic rings. The highest BCUT2D eigenvalue weighted by atomic mass is 16.5. The second-order valence-corrected chi connectivity index (χ2v) is 4.11. The molecule has 0 atom stereocenters. The van der Waals surface area contributed by atoms with Crippen molar-refractivity contribution in [3.63, 3.8) is 0 Å². The first-order valence-electron chi connectivity index (χ1n) is 6.35. The molecule has 2 amide bonds. The van der Waals surface area contributed by atoms with E-state index in [1.54, 1.807) is 7.11 Å². The SMILES string of the molecule is COCCNC(=O)C(=O)NCCc1cccc(OC)c1. The van der Waals surface area contributed by atoms with Gasteiger partial charge in [0.15, 0.2) is 0 Å². The van der Waals surface area contributed by atoms with Crippen LogP contribution in [-0.2, 0) is 20.7 Å². The van der Waals surface area contributed by atoms with Crippen molar-refractivity contribution in [3.8, 4) is 5.75 Å². The van der Waals surface area contributed by atoms with Gasteiger partial charge in [0.05, 0.1) is 13.7 Å². The average molecular weight is 280 g/mol. The summed E-state index contributed by atoms with van der Waals surface area (Å²) in [4.78, 5) is 22.8. The molecule has 0 bridgehead atoms. The molecule has 1 aromatic rings. The van der Waals surface area contributed by atoms with Crippen LogP contribution in [0.1, 0.15) is 5.56 Å². The van der Waals surface area contributed by atoms with Crippen molar-refractivity contribution >= 4 is 11.8 Å². The second-order valence-electron chi connectivity index (χ2n) is 4.11. The smallest absolute Gasteiger partial charge is 0.309 e. The van der Waals surface area contributed by atoms with Crippen LogP contribution in [0.15, 0.2) is 24.3 Å². The maximum atomic E-state index is 11.5. The number of carbonyl (C=O) groups is 2. The molecule has 0 saturated heterocycles. The van der Waals surface area contributed by atoms with Crippen LogP contribution < -0.4 is 15.4 Å². The molecular formula is C14H20N2O4. The predicted molar refractivity (Wildman–Crippen MR) is 74.6 cm³/mol. The Balaban J connectivity index is 2.28. The lowest BCUT2D eigenvalue weighted by Gasteiger charge is -2.07. The highest BCUT2D eigenvalue weighted by molar-refractivity contribution is 6.35. The lowest BCUT2D eigenvalue weighted by atomic mass is 10.1. The summed E-state index contributed by atoms with van der Waals surface area (Å²) >= 11 is 0. The van der Waals surface area contributed by atoms with E-state index in [0.29, 0.717) is 26.1 Å².